The largest absolute Gasteiger partial charge is 0.357 e. The van der Waals surface area contributed by atoms with Gasteiger partial charge in [0.25, 0.3) is 0 Å². The average Bonchev–Trinajstić information content (AvgIpc) is 3.12. The van der Waals surface area contributed by atoms with E-state index in [9.17, 15) is 9.59 Å². The lowest BCUT2D eigenvalue weighted by Gasteiger charge is -2.10. The fourth-order valence-corrected chi connectivity index (χ4v) is 2.84. The predicted octanol–water partition coefficient (Wildman–Crippen LogP) is 2.05. The first-order valence-electron chi connectivity index (χ1n) is 8.37. The van der Waals surface area contributed by atoms with Crippen LogP contribution in [0.1, 0.15) is 21.6 Å². The van der Waals surface area contributed by atoms with Gasteiger partial charge in [0.05, 0.1) is 5.69 Å². The topological polar surface area (TPSA) is 62.6 Å². The Labute approximate surface area is 146 Å². The molecule has 3 aromatic rings. The molecular formula is C20H21N3O2. The van der Waals surface area contributed by atoms with E-state index in [1.165, 1.54) is 0 Å². The van der Waals surface area contributed by atoms with Gasteiger partial charge in [-0.15, -0.1) is 0 Å². The normalized spacial score (nSPS) is 10.7. The van der Waals surface area contributed by atoms with E-state index in [-0.39, 0.29) is 5.78 Å². The second kappa shape index (κ2) is 8.26. The number of nitrogens with one attached hydrogen (secondary N) is 2. The minimum atomic E-state index is 0.0202. The molecule has 1 amide bonds. The SMILES string of the molecule is O=CNCCNCCc1cc(C(=O)c2ccccc2)n2cccc2c1. The Hall–Kier alpha value is -2.92. The van der Waals surface area contributed by atoms with Gasteiger partial charge in [-0.2, -0.15) is 0 Å². The standard InChI is InChI=1S/C20H21N3O2/c24-15-22-11-10-21-9-8-16-13-18-7-4-12-23(18)19(14-16)20(25)17-5-2-1-3-6-17/h1-7,12-15,21H,8-11H2,(H,22,24). The molecule has 5 heteroatoms. The highest BCUT2D eigenvalue weighted by molar-refractivity contribution is 6.08. The maximum absolute atomic E-state index is 12.9. The van der Waals surface area contributed by atoms with Crippen molar-refractivity contribution in [2.75, 3.05) is 19.6 Å². The molecule has 0 atom stereocenters. The number of carbonyl (C=O) groups is 2. The Morgan fingerprint density at radius 3 is 2.64 bits per heavy atom. The van der Waals surface area contributed by atoms with E-state index in [1.807, 2.05) is 59.1 Å². The molecule has 0 saturated heterocycles. The number of carbonyl (C=O) groups excluding carboxylic acids is 2. The highest BCUT2D eigenvalue weighted by atomic mass is 16.1. The molecule has 1 aromatic carbocycles. The zero-order valence-corrected chi connectivity index (χ0v) is 13.9. The molecule has 5 nitrogen and oxygen atoms in total. The van der Waals surface area contributed by atoms with E-state index in [0.717, 1.165) is 30.6 Å². The molecule has 2 heterocycles. The van der Waals surface area contributed by atoms with Gasteiger partial charge in [-0.25, -0.2) is 0 Å². The second-order valence-corrected chi connectivity index (χ2v) is 5.82. The van der Waals surface area contributed by atoms with E-state index >= 15 is 0 Å². The smallest absolute Gasteiger partial charge is 0.209 e. The molecule has 2 aromatic heterocycles. The number of hydrogen-bond acceptors (Lipinski definition) is 3. The Morgan fingerprint density at radius 1 is 1.00 bits per heavy atom. The molecule has 0 bridgehead atoms. The number of fused-ring (bicyclic) bond motifs is 1. The fraction of sp³-hybridized carbons (Fsp3) is 0.200. The number of ketones is 1. The summed E-state index contributed by atoms with van der Waals surface area (Å²) < 4.78 is 1.93. The quantitative estimate of drug-likeness (QED) is 0.357. The second-order valence-electron chi connectivity index (χ2n) is 5.82. The van der Waals surface area contributed by atoms with Crippen LogP contribution in [0.3, 0.4) is 0 Å². The van der Waals surface area contributed by atoms with Crippen LogP contribution < -0.4 is 10.6 Å². The number of hydrogen-bond donors (Lipinski definition) is 2. The van der Waals surface area contributed by atoms with Crippen LogP contribution in [0.25, 0.3) is 5.52 Å². The van der Waals surface area contributed by atoms with E-state index in [0.29, 0.717) is 24.2 Å². The lowest BCUT2D eigenvalue weighted by atomic mass is 10.0. The summed E-state index contributed by atoms with van der Waals surface area (Å²) in [6.45, 7) is 2.12. The number of amides is 1. The molecule has 128 valence electrons. The van der Waals surface area contributed by atoms with Crippen LogP contribution in [0.5, 0.6) is 0 Å². The third kappa shape index (κ3) is 4.14. The first kappa shape index (κ1) is 16.9. The monoisotopic (exact) mass is 335 g/mol. The number of benzene rings is 1. The Balaban J connectivity index is 1.77. The van der Waals surface area contributed by atoms with Gasteiger partial charge in [0.2, 0.25) is 12.2 Å². The van der Waals surface area contributed by atoms with Crippen molar-refractivity contribution in [3.8, 4) is 0 Å². The van der Waals surface area contributed by atoms with Crippen LogP contribution in [-0.4, -0.2) is 36.2 Å². The van der Waals surface area contributed by atoms with Crippen LogP contribution in [0.2, 0.25) is 0 Å². The van der Waals surface area contributed by atoms with Gasteiger partial charge in [0.1, 0.15) is 0 Å². The molecule has 2 N–H and O–H groups in total. The van der Waals surface area contributed by atoms with Gasteiger partial charge < -0.3 is 15.0 Å². The van der Waals surface area contributed by atoms with E-state index in [4.69, 9.17) is 0 Å². The number of nitrogens with zero attached hydrogens (tertiary/aromatic N) is 1. The fourth-order valence-electron chi connectivity index (χ4n) is 2.84. The van der Waals surface area contributed by atoms with Crippen LogP contribution in [0, 0.1) is 0 Å². The minimum Gasteiger partial charge on any atom is -0.357 e. The van der Waals surface area contributed by atoms with E-state index in [2.05, 4.69) is 16.7 Å². The van der Waals surface area contributed by atoms with Gasteiger partial charge in [0, 0.05) is 30.4 Å². The molecule has 25 heavy (non-hydrogen) atoms. The molecule has 0 aliphatic carbocycles. The molecular weight excluding hydrogens is 314 g/mol. The van der Waals surface area contributed by atoms with Gasteiger partial charge in [-0.1, -0.05) is 30.3 Å². The molecule has 3 rings (SSSR count). The lowest BCUT2D eigenvalue weighted by molar-refractivity contribution is -0.109. The van der Waals surface area contributed by atoms with Gasteiger partial charge >= 0.3 is 0 Å². The molecule has 0 radical (unpaired) electrons. The maximum Gasteiger partial charge on any atom is 0.209 e. The Morgan fingerprint density at radius 2 is 1.84 bits per heavy atom. The van der Waals surface area contributed by atoms with Crippen molar-refractivity contribution in [1.82, 2.24) is 15.0 Å². The third-order valence-electron chi connectivity index (χ3n) is 4.08. The van der Waals surface area contributed by atoms with Crippen molar-refractivity contribution in [3.05, 3.63) is 77.6 Å². The summed E-state index contributed by atoms with van der Waals surface area (Å²) in [5.41, 5.74) is 3.49. The van der Waals surface area contributed by atoms with E-state index in [1.54, 1.807) is 0 Å². The Kier molecular flexibility index (Phi) is 5.59. The van der Waals surface area contributed by atoms with Crippen molar-refractivity contribution in [2.24, 2.45) is 0 Å². The molecule has 0 aliphatic rings. The average molecular weight is 335 g/mol. The highest BCUT2D eigenvalue weighted by Gasteiger charge is 2.13. The van der Waals surface area contributed by atoms with Crippen LogP contribution in [0.4, 0.5) is 0 Å². The molecule has 0 saturated carbocycles. The van der Waals surface area contributed by atoms with Crippen molar-refractivity contribution < 1.29 is 9.59 Å². The first-order chi connectivity index (χ1) is 12.3. The minimum absolute atomic E-state index is 0.0202. The van der Waals surface area contributed by atoms with Gasteiger partial charge in [-0.3, -0.25) is 9.59 Å². The van der Waals surface area contributed by atoms with Crippen LogP contribution in [0.15, 0.2) is 60.8 Å². The van der Waals surface area contributed by atoms with E-state index < -0.39 is 0 Å². The zero-order chi connectivity index (χ0) is 17.5. The number of aromatic nitrogens is 1. The Bertz CT molecular complexity index is 856. The summed E-state index contributed by atoms with van der Waals surface area (Å²) in [4.78, 5) is 23.1. The van der Waals surface area contributed by atoms with Gasteiger partial charge in [-0.05, 0) is 42.8 Å². The van der Waals surface area contributed by atoms with Crippen LogP contribution in [-0.2, 0) is 11.2 Å². The molecule has 0 aliphatic heterocycles. The summed E-state index contributed by atoms with van der Waals surface area (Å²) in [5, 5.41) is 5.90. The molecule has 0 unspecified atom stereocenters. The zero-order valence-electron chi connectivity index (χ0n) is 13.9. The van der Waals surface area contributed by atoms with Crippen molar-refractivity contribution in [3.63, 3.8) is 0 Å². The summed E-state index contributed by atoms with van der Waals surface area (Å²) in [6, 6.07) is 17.4. The van der Waals surface area contributed by atoms with Crippen molar-refractivity contribution in [2.45, 2.75) is 6.42 Å². The highest BCUT2D eigenvalue weighted by Crippen LogP contribution is 2.17. The number of rotatable bonds is 9. The lowest BCUT2D eigenvalue weighted by Crippen LogP contribution is -2.27. The summed E-state index contributed by atoms with van der Waals surface area (Å²) in [6.07, 6.45) is 3.43. The van der Waals surface area contributed by atoms with Crippen molar-refractivity contribution in [1.29, 1.82) is 0 Å². The van der Waals surface area contributed by atoms with Crippen LogP contribution >= 0.6 is 0 Å². The van der Waals surface area contributed by atoms with Gasteiger partial charge in [0.15, 0.2) is 0 Å². The molecule has 0 spiro atoms. The summed E-state index contributed by atoms with van der Waals surface area (Å²) >= 11 is 0. The third-order valence-corrected chi connectivity index (χ3v) is 4.08. The predicted molar refractivity (Wildman–Crippen MR) is 97.9 cm³/mol. The molecule has 0 fully saturated rings. The maximum atomic E-state index is 12.9. The summed E-state index contributed by atoms with van der Waals surface area (Å²) in [5.74, 6) is 0.0202. The first-order valence-corrected chi connectivity index (χ1v) is 8.37. The summed E-state index contributed by atoms with van der Waals surface area (Å²) in [7, 11) is 0. The van der Waals surface area contributed by atoms with Crippen molar-refractivity contribution >= 4 is 17.7 Å². The number of pyridine rings is 1.